The molecule has 1 aliphatic heterocycles. The molecule has 24 heavy (non-hydrogen) atoms. The van der Waals surface area contributed by atoms with Crippen LogP contribution in [0.5, 0.6) is 5.75 Å². The molecule has 1 atom stereocenters. The topological polar surface area (TPSA) is 43.7 Å². The largest absolute Gasteiger partial charge is 0.508 e. The van der Waals surface area contributed by atoms with Gasteiger partial charge in [0.05, 0.1) is 6.10 Å². The lowest BCUT2D eigenvalue weighted by molar-refractivity contribution is 0.0574. The van der Waals surface area contributed by atoms with Crippen LogP contribution in [0.15, 0.2) is 48.5 Å². The SMILES string of the molecule is Cc1ccc(O)c(CN2CCC([C@H](O)Cc3ccccc3)CC2)c1. The Morgan fingerprint density at radius 2 is 1.79 bits per heavy atom. The van der Waals surface area contributed by atoms with Gasteiger partial charge in [-0.1, -0.05) is 48.0 Å². The van der Waals surface area contributed by atoms with Crippen molar-refractivity contribution in [3.8, 4) is 5.75 Å². The third-order valence-electron chi connectivity index (χ3n) is 5.09. The summed E-state index contributed by atoms with van der Waals surface area (Å²) >= 11 is 0. The molecule has 0 radical (unpaired) electrons. The third-order valence-corrected chi connectivity index (χ3v) is 5.09. The Morgan fingerprint density at radius 3 is 2.50 bits per heavy atom. The number of phenolic OH excluding ortho intramolecular Hbond substituents is 1. The number of aromatic hydroxyl groups is 1. The maximum atomic E-state index is 10.5. The van der Waals surface area contributed by atoms with Crippen molar-refractivity contribution in [2.24, 2.45) is 5.92 Å². The lowest BCUT2D eigenvalue weighted by atomic mass is 9.88. The minimum atomic E-state index is -0.262. The highest BCUT2D eigenvalue weighted by Crippen LogP contribution is 2.26. The monoisotopic (exact) mass is 325 g/mol. The molecule has 2 aromatic carbocycles. The lowest BCUT2D eigenvalue weighted by Gasteiger charge is -2.34. The highest BCUT2D eigenvalue weighted by atomic mass is 16.3. The van der Waals surface area contributed by atoms with Gasteiger partial charge in [0, 0.05) is 12.1 Å². The molecule has 0 unspecified atom stereocenters. The number of aliphatic hydroxyl groups excluding tert-OH is 1. The molecule has 3 heteroatoms. The maximum Gasteiger partial charge on any atom is 0.120 e. The first-order valence-electron chi connectivity index (χ1n) is 8.84. The van der Waals surface area contributed by atoms with Gasteiger partial charge in [-0.2, -0.15) is 0 Å². The van der Waals surface area contributed by atoms with Crippen molar-refractivity contribution in [2.75, 3.05) is 13.1 Å². The summed E-state index contributed by atoms with van der Waals surface area (Å²) < 4.78 is 0. The van der Waals surface area contributed by atoms with E-state index in [4.69, 9.17) is 0 Å². The molecule has 3 nitrogen and oxygen atoms in total. The summed E-state index contributed by atoms with van der Waals surface area (Å²) in [6, 6.07) is 16.0. The van der Waals surface area contributed by atoms with Gasteiger partial charge in [0.1, 0.15) is 5.75 Å². The van der Waals surface area contributed by atoms with Crippen molar-refractivity contribution in [1.29, 1.82) is 0 Å². The summed E-state index contributed by atoms with van der Waals surface area (Å²) in [7, 11) is 0. The molecular weight excluding hydrogens is 298 g/mol. The second-order valence-corrected chi connectivity index (χ2v) is 7.00. The summed E-state index contributed by atoms with van der Waals surface area (Å²) in [5.74, 6) is 0.749. The summed E-state index contributed by atoms with van der Waals surface area (Å²) in [6.07, 6.45) is 2.51. The van der Waals surface area contributed by atoms with E-state index in [2.05, 4.69) is 30.0 Å². The number of aliphatic hydroxyl groups is 1. The normalized spacial score (nSPS) is 17.8. The predicted octanol–water partition coefficient (Wildman–Crippen LogP) is 3.52. The van der Waals surface area contributed by atoms with Gasteiger partial charge in [-0.3, -0.25) is 4.90 Å². The second-order valence-electron chi connectivity index (χ2n) is 7.00. The van der Waals surface area contributed by atoms with Crippen LogP contribution in [0.2, 0.25) is 0 Å². The number of phenols is 1. The molecular formula is C21H27NO2. The summed E-state index contributed by atoms with van der Waals surface area (Å²) in [5.41, 5.74) is 3.38. The van der Waals surface area contributed by atoms with Gasteiger partial charge in [0.15, 0.2) is 0 Å². The first-order chi connectivity index (χ1) is 11.6. The van der Waals surface area contributed by atoms with Crippen LogP contribution in [0.25, 0.3) is 0 Å². The van der Waals surface area contributed by atoms with Gasteiger partial charge in [-0.15, -0.1) is 0 Å². The van der Waals surface area contributed by atoms with Gasteiger partial charge in [0.2, 0.25) is 0 Å². The van der Waals surface area contributed by atoms with Crippen LogP contribution in [-0.2, 0) is 13.0 Å². The molecule has 0 bridgehead atoms. The smallest absolute Gasteiger partial charge is 0.120 e. The van der Waals surface area contributed by atoms with Crippen molar-refractivity contribution < 1.29 is 10.2 Å². The van der Waals surface area contributed by atoms with E-state index < -0.39 is 0 Å². The van der Waals surface area contributed by atoms with E-state index in [1.54, 1.807) is 6.07 Å². The Kier molecular flexibility index (Phi) is 5.54. The number of nitrogens with zero attached hydrogens (tertiary/aromatic N) is 1. The summed E-state index contributed by atoms with van der Waals surface area (Å²) in [5, 5.41) is 20.5. The zero-order valence-electron chi connectivity index (χ0n) is 14.4. The summed E-state index contributed by atoms with van der Waals surface area (Å²) in [4.78, 5) is 2.38. The van der Waals surface area contributed by atoms with Crippen LogP contribution in [0.3, 0.4) is 0 Å². The van der Waals surface area contributed by atoms with Gasteiger partial charge >= 0.3 is 0 Å². The molecule has 1 fully saturated rings. The highest BCUT2D eigenvalue weighted by molar-refractivity contribution is 5.35. The van der Waals surface area contributed by atoms with Gasteiger partial charge in [-0.25, -0.2) is 0 Å². The zero-order valence-corrected chi connectivity index (χ0v) is 14.4. The van der Waals surface area contributed by atoms with Crippen LogP contribution in [0.4, 0.5) is 0 Å². The average Bonchev–Trinajstić information content (AvgIpc) is 2.60. The van der Waals surface area contributed by atoms with E-state index in [1.165, 1.54) is 11.1 Å². The second kappa shape index (κ2) is 7.82. The van der Waals surface area contributed by atoms with Crippen molar-refractivity contribution in [1.82, 2.24) is 4.90 Å². The van der Waals surface area contributed by atoms with Crippen LogP contribution in [0.1, 0.15) is 29.5 Å². The number of rotatable bonds is 5. The molecule has 0 amide bonds. The number of hydrogen-bond donors (Lipinski definition) is 2. The molecule has 0 aromatic heterocycles. The van der Waals surface area contributed by atoms with Gasteiger partial charge in [-0.05, 0) is 56.8 Å². The summed E-state index contributed by atoms with van der Waals surface area (Å²) in [6.45, 7) is 4.79. The van der Waals surface area contributed by atoms with Crippen molar-refractivity contribution in [3.63, 3.8) is 0 Å². The number of piperidine rings is 1. The lowest BCUT2D eigenvalue weighted by Crippen LogP contribution is -2.38. The first-order valence-corrected chi connectivity index (χ1v) is 8.84. The van der Waals surface area contributed by atoms with E-state index in [0.717, 1.165) is 44.5 Å². The van der Waals surface area contributed by atoms with Crippen molar-refractivity contribution in [2.45, 2.75) is 38.8 Å². The van der Waals surface area contributed by atoms with E-state index >= 15 is 0 Å². The fourth-order valence-electron chi connectivity index (χ4n) is 3.60. The molecule has 128 valence electrons. The molecule has 1 aliphatic rings. The van der Waals surface area contributed by atoms with E-state index in [-0.39, 0.29) is 6.10 Å². The number of hydrogen-bond acceptors (Lipinski definition) is 3. The van der Waals surface area contributed by atoms with Gasteiger partial charge in [0.25, 0.3) is 0 Å². The number of benzene rings is 2. The van der Waals surface area contributed by atoms with Crippen molar-refractivity contribution in [3.05, 3.63) is 65.2 Å². The van der Waals surface area contributed by atoms with Crippen LogP contribution in [0, 0.1) is 12.8 Å². The zero-order chi connectivity index (χ0) is 16.9. The van der Waals surface area contributed by atoms with E-state index in [0.29, 0.717) is 11.7 Å². The Bertz CT molecular complexity index is 648. The Hall–Kier alpha value is -1.84. The standard InChI is InChI=1S/C21H27NO2/c1-16-7-8-20(23)19(13-16)15-22-11-9-18(10-12-22)21(24)14-17-5-3-2-4-6-17/h2-8,13,18,21,23-24H,9-12,14-15H2,1H3/t21-/m1/s1. The van der Waals surface area contributed by atoms with Crippen LogP contribution < -0.4 is 0 Å². The van der Waals surface area contributed by atoms with Crippen molar-refractivity contribution >= 4 is 0 Å². The first kappa shape index (κ1) is 17.0. The Balaban J connectivity index is 1.51. The minimum Gasteiger partial charge on any atom is -0.508 e. The molecule has 3 rings (SSSR count). The Labute approximate surface area is 144 Å². The molecule has 0 aliphatic carbocycles. The minimum absolute atomic E-state index is 0.262. The fraction of sp³-hybridized carbons (Fsp3) is 0.429. The number of aryl methyl sites for hydroxylation is 1. The Morgan fingerprint density at radius 1 is 1.08 bits per heavy atom. The molecule has 0 saturated carbocycles. The molecule has 2 N–H and O–H groups in total. The van der Waals surface area contributed by atoms with E-state index in [9.17, 15) is 10.2 Å². The predicted molar refractivity (Wildman–Crippen MR) is 97.0 cm³/mol. The fourth-order valence-corrected chi connectivity index (χ4v) is 3.60. The van der Waals surface area contributed by atoms with Crippen LogP contribution in [-0.4, -0.2) is 34.3 Å². The number of likely N-dealkylation sites (tertiary alicyclic amines) is 1. The third kappa shape index (κ3) is 4.37. The van der Waals surface area contributed by atoms with Gasteiger partial charge < -0.3 is 10.2 Å². The molecule has 0 spiro atoms. The molecule has 1 heterocycles. The highest BCUT2D eigenvalue weighted by Gasteiger charge is 2.25. The molecule has 2 aromatic rings. The average molecular weight is 325 g/mol. The molecule has 1 saturated heterocycles. The van der Waals surface area contributed by atoms with E-state index in [1.807, 2.05) is 24.3 Å². The quantitative estimate of drug-likeness (QED) is 0.884. The maximum absolute atomic E-state index is 10.5. The van der Waals surface area contributed by atoms with Crippen LogP contribution >= 0.6 is 0 Å².